The number of aryl methyl sites for hydroxylation is 1. The minimum Gasteiger partial charge on any atom is -0.508 e. The fourth-order valence-electron chi connectivity index (χ4n) is 10.8. The maximum Gasteiger partial charge on any atom is 0.255 e. The Bertz CT molecular complexity index is 1960. The number of aromatic hydroxyl groups is 1. The number of piperidine rings is 2. The van der Waals surface area contributed by atoms with Gasteiger partial charge in [-0.25, -0.2) is 8.78 Å². The lowest BCUT2D eigenvalue weighted by molar-refractivity contribution is -0.136. The third-order valence-corrected chi connectivity index (χ3v) is 14.0. The van der Waals surface area contributed by atoms with Crippen molar-refractivity contribution in [3.8, 4) is 5.75 Å². The van der Waals surface area contributed by atoms with Crippen LogP contribution in [0.5, 0.6) is 5.75 Å². The van der Waals surface area contributed by atoms with Gasteiger partial charge in [0.1, 0.15) is 11.8 Å². The van der Waals surface area contributed by atoms with E-state index in [1.165, 1.54) is 22.4 Å². The standard InChI is InChI=1S/C45H53F2N5O4/c46-45(47)17-13-30(14-18-45)37-8-3-32-26-36(53)7-10-38(32)42(37)31-1-4-34(5-2-31)50-19-15-29(16-20-50)27-49-21-23-51(24-22-49)35-6-9-39-33(25-35)28-52(44(39)56)40-11-12-41(54)48-43(40)55/h1-2,4-7,9-10,25-26,29-30,37,40,42,53H,3,8,11-24,27-28H2,(H,48,54,55). The van der Waals surface area contributed by atoms with Crippen molar-refractivity contribution < 1.29 is 28.3 Å². The predicted octanol–water partition coefficient (Wildman–Crippen LogP) is 6.71. The maximum absolute atomic E-state index is 14.1. The summed E-state index contributed by atoms with van der Waals surface area (Å²) in [6, 6.07) is 20.2. The molecule has 3 aromatic carbocycles. The summed E-state index contributed by atoms with van der Waals surface area (Å²) in [5.41, 5.74) is 7.62. The lowest BCUT2D eigenvalue weighted by atomic mass is 9.64. The number of piperazine rings is 1. The second-order valence-electron chi connectivity index (χ2n) is 17.3. The van der Waals surface area contributed by atoms with Crippen LogP contribution in [-0.2, 0) is 22.6 Å². The van der Waals surface area contributed by atoms with Gasteiger partial charge in [0.2, 0.25) is 17.7 Å². The number of benzene rings is 3. The number of hydrogen-bond acceptors (Lipinski definition) is 7. The lowest BCUT2D eigenvalue weighted by Gasteiger charge is -2.42. The van der Waals surface area contributed by atoms with Gasteiger partial charge in [-0.3, -0.25) is 24.6 Å². The van der Waals surface area contributed by atoms with E-state index in [1.807, 2.05) is 18.2 Å². The molecule has 6 aliphatic rings. The van der Waals surface area contributed by atoms with Crippen LogP contribution >= 0.6 is 0 Å². The molecular weight excluding hydrogens is 713 g/mol. The highest BCUT2D eigenvalue weighted by Gasteiger charge is 2.43. The first kappa shape index (κ1) is 37.1. The van der Waals surface area contributed by atoms with Crippen LogP contribution in [0.4, 0.5) is 20.2 Å². The van der Waals surface area contributed by atoms with Crippen LogP contribution in [0, 0.1) is 17.8 Å². The molecule has 3 unspecified atom stereocenters. The first-order chi connectivity index (χ1) is 27.1. The topological polar surface area (TPSA) is 96.4 Å². The summed E-state index contributed by atoms with van der Waals surface area (Å²) in [5, 5.41) is 12.6. The van der Waals surface area contributed by atoms with Crippen LogP contribution in [0.1, 0.15) is 96.3 Å². The van der Waals surface area contributed by atoms with E-state index in [0.717, 1.165) is 82.7 Å². The minimum atomic E-state index is -2.53. The molecule has 0 spiro atoms. The Labute approximate surface area is 328 Å². The molecule has 3 amide bonds. The van der Waals surface area contributed by atoms with Crippen molar-refractivity contribution in [3.63, 3.8) is 0 Å². The molecule has 9 nitrogen and oxygen atoms in total. The first-order valence-electron chi connectivity index (χ1n) is 20.9. The zero-order valence-corrected chi connectivity index (χ0v) is 32.1. The summed E-state index contributed by atoms with van der Waals surface area (Å²) in [6.45, 7) is 7.39. The average molecular weight is 766 g/mol. The van der Waals surface area contributed by atoms with E-state index < -0.39 is 12.0 Å². The Morgan fingerprint density at radius 2 is 1.45 bits per heavy atom. The van der Waals surface area contributed by atoms with E-state index in [2.05, 4.69) is 56.4 Å². The molecule has 3 aromatic rings. The number of rotatable bonds is 7. The van der Waals surface area contributed by atoms with Crippen molar-refractivity contribution in [2.24, 2.45) is 17.8 Å². The molecule has 2 aliphatic carbocycles. The highest BCUT2D eigenvalue weighted by Crippen LogP contribution is 2.50. The maximum atomic E-state index is 14.1. The number of halogens is 2. The van der Waals surface area contributed by atoms with Crippen LogP contribution in [0.25, 0.3) is 0 Å². The van der Waals surface area contributed by atoms with E-state index in [4.69, 9.17) is 0 Å². The fourth-order valence-corrected chi connectivity index (χ4v) is 10.8. The molecule has 2 N–H and O–H groups in total. The van der Waals surface area contributed by atoms with E-state index >= 15 is 0 Å². The van der Waals surface area contributed by atoms with Gasteiger partial charge in [0.25, 0.3) is 5.91 Å². The van der Waals surface area contributed by atoms with Gasteiger partial charge in [0.15, 0.2) is 0 Å². The Kier molecular flexibility index (Phi) is 10.0. The van der Waals surface area contributed by atoms with Gasteiger partial charge < -0.3 is 19.8 Å². The predicted molar refractivity (Wildman–Crippen MR) is 211 cm³/mol. The van der Waals surface area contributed by atoms with Crippen LogP contribution in [0.3, 0.4) is 0 Å². The van der Waals surface area contributed by atoms with Gasteiger partial charge in [-0.2, -0.15) is 0 Å². The third-order valence-electron chi connectivity index (χ3n) is 14.0. The van der Waals surface area contributed by atoms with Crippen molar-refractivity contribution in [1.82, 2.24) is 15.1 Å². The van der Waals surface area contributed by atoms with Gasteiger partial charge in [-0.1, -0.05) is 18.2 Å². The molecule has 3 atom stereocenters. The highest BCUT2D eigenvalue weighted by atomic mass is 19.3. The zero-order chi connectivity index (χ0) is 38.6. The number of anilines is 2. The van der Waals surface area contributed by atoms with Crippen LogP contribution < -0.4 is 15.1 Å². The number of amides is 3. The largest absolute Gasteiger partial charge is 0.508 e. The Morgan fingerprint density at radius 3 is 2.18 bits per heavy atom. The van der Waals surface area contributed by atoms with Crippen molar-refractivity contribution in [3.05, 3.63) is 88.5 Å². The second-order valence-corrected chi connectivity index (χ2v) is 17.3. The number of phenolic OH excluding ortho intramolecular Hbond substituents is 1. The van der Waals surface area contributed by atoms with Crippen molar-refractivity contribution in [2.45, 2.75) is 88.6 Å². The van der Waals surface area contributed by atoms with E-state index in [-0.39, 0.29) is 54.6 Å². The fraction of sp³-hybridized carbons (Fsp3) is 0.533. The monoisotopic (exact) mass is 765 g/mol. The number of carbonyl (C=O) groups excluding carboxylic acids is 3. The van der Waals surface area contributed by atoms with Crippen LogP contribution in [0.15, 0.2) is 60.7 Å². The number of imide groups is 1. The number of alkyl halides is 2. The van der Waals surface area contributed by atoms with Gasteiger partial charge in [0.05, 0.1) is 0 Å². The van der Waals surface area contributed by atoms with E-state index in [1.54, 1.807) is 11.0 Å². The molecule has 0 bridgehead atoms. The molecule has 1 saturated carbocycles. The SMILES string of the molecule is O=C1CCC(N2Cc3cc(N4CCN(CC5CCN(c6ccc(C7c8ccc(O)cc8CCC7C7CCC(F)(F)CC7)cc6)CC5)CC4)ccc3C2=O)C(=O)N1. The molecule has 296 valence electrons. The van der Waals surface area contributed by atoms with Crippen molar-refractivity contribution in [1.29, 1.82) is 0 Å². The molecular formula is C45H53F2N5O4. The van der Waals surface area contributed by atoms with Gasteiger partial charge in [0, 0.05) is 94.5 Å². The Hall–Kier alpha value is -4.51. The summed E-state index contributed by atoms with van der Waals surface area (Å²) in [4.78, 5) is 46.4. The Morgan fingerprint density at radius 1 is 0.732 bits per heavy atom. The summed E-state index contributed by atoms with van der Waals surface area (Å²) in [7, 11) is 0. The number of nitrogens with one attached hydrogen (secondary N) is 1. The molecule has 0 aromatic heterocycles. The summed E-state index contributed by atoms with van der Waals surface area (Å²) in [5.74, 6) is -1.62. The molecule has 3 saturated heterocycles. The molecule has 0 radical (unpaired) electrons. The highest BCUT2D eigenvalue weighted by molar-refractivity contribution is 6.05. The van der Waals surface area contributed by atoms with E-state index in [9.17, 15) is 28.3 Å². The molecule has 4 heterocycles. The molecule has 11 heteroatoms. The summed E-state index contributed by atoms with van der Waals surface area (Å²) < 4.78 is 28.3. The Balaban J connectivity index is 0.776. The quantitative estimate of drug-likeness (QED) is 0.258. The number of nitrogens with zero attached hydrogens (tertiary/aromatic N) is 4. The van der Waals surface area contributed by atoms with Gasteiger partial charge in [-0.15, -0.1) is 0 Å². The minimum absolute atomic E-state index is 0.0102. The van der Waals surface area contributed by atoms with E-state index in [0.29, 0.717) is 43.2 Å². The van der Waals surface area contributed by atoms with Crippen LogP contribution in [0.2, 0.25) is 0 Å². The smallest absolute Gasteiger partial charge is 0.255 e. The lowest BCUT2D eigenvalue weighted by Crippen LogP contribution is -2.52. The van der Waals surface area contributed by atoms with Crippen molar-refractivity contribution in [2.75, 3.05) is 55.6 Å². The number of carbonyl (C=O) groups is 3. The van der Waals surface area contributed by atoms with Gasteiger partial charge >= 0.3 is 0 Å². The average Bonchev–Trinajstić information content (AvgIpc) is 3.53. The number of hydrogen-bond donors (Lipinski definition) is 2. The third kappa shape index (κ3) is 7.39. The zero-order valence-electron chi connectivity index (χ0n) is 32.1. The molecule has 56 heavy (non-hydrogen) atoms. The van der Waals surface area contributed by atoms with Crippen molar-refractivity contribution >= 4 is 29.1 Å². The number of fused-ring (bicyclic) bond motifs is 2. The number of phenols is 1. The molecule has 4 fully saturated rings. The van der Waals surface area contributed by atoms with Gasteiger partial charge in [-0.05, 0) is 127 Å². The van der Waals surface area contributed by atoms with Crippen LogP contribution in [-0.4, -0.2) is 90.4 Å². The normalized spacial score (nSPS) is 26.3. The summed E-state index contributed by atoms with van der Waals surface area (Å²) in [6.07, 6.45) is 5.91. The molecule has 4 aliphatic heterocycles. The second kappa shape index (κ2) is 15.1. The first-order valence-corrected chi connectivity index (χ1v) is 20.9. The summed E-state index contributed by atoms with van der Waals surface area (Å²) >= 11 is 0. The molecule has 9 rings (SSSR count).